The number of rotatable bonds is 4. The molecule has 2 fully saturated rings. The third kappa shape index (κ3) is 2.37. The first-order valence-electron chi connectivity index (χ1n) is 8.94. The second-order valence-electron chi connectivity index (χ2n) is 6.81. The van der Waals surface area contributed by atoms with Crippen molar-refractivity contribution in [2.45, 2.75) is 0 Å². The molecule has 4 nitrogen and oxygen atoms in total. The lowest BCUT2D eigenvalue weighted by molar-refractivity contribution is -0.115. The van der Waals surface area contributed by atoms with Crippen LogP contribution in [-0.2, 0) is 9.59 Å². The Labute approximate surface area is 152 Å². The SMILES string of the molecule is O=C1C(c2ccccc2)=C(N2CC2)C(=O)C(c2ccccc2)=C1N1CC1. The second-order valence-corrected chi connectivity index (χ2v) is 6.81. The molecule has 0 saturated carbocycles. The Bertz CT molecular complexity index is 884. The zero-order valence-electron chi connectivity index (χ0n) is 14.3. The molecule has 128 valence electrons. The van der Waals surface area contributed by atoms with Crippen molar-refractivity contribution >= 4 is 22.7 Å². The van der Waals surface area contributed by atoms with E-state index in [9.17, 15) is 9.59 Å². The maximum absolute atomic E-state index is 13.5. The van der Waals surface area contributed by atoms with Gasteiger partial charge in [0.1, 0.15) is 0 Å². The molecule has 0 radical (unpaired) electrons. The molecule has 2 saturated heterocycles. The van der Waals surface area contributed by atoms with Crippen LogP contribution in [0.25, 0.3) is 11.1 Å². The number of ketones is 2. The van der Waals surface area contributed by atoms with Gasteiger partial charge in [0.15, 0.2) is 0 Å². The number of allylic oxidation sites excluding steroid dienone is 2. The van der Waals surface area contributed by atoms with E-state index in [2.05, 4.69) is 0 Å². The first kappa shape index (κ1) is 15.1. The average molecular weight is 342 g/mol. The summed E-state index contributed by atoms with van der Waals surface area (Å²) in [5, 5.41) is 0. The molecular weight excluding hydrogens is 324 g/mol. The number of hydrogen-bond donors (Lipinski definition) is 0. The van der Waals surface area contributed by atoms with Gasteiger partial charge in [0, 0.05) is 26.2 Å². The van der Waals surface area contributed by atoms with E-state index in [1.165, 1.54) is 0 Å². The summed E-state index contributed by atoms with van der Waals surface area (Å²) in [6.45, 7) is 3.30. The fraction of sp³-hybridized carbons (Fsp3) is 0.182. The van der Waals surface area contributed by atoms with Crippen molar-refractivity contribution in [3.8, 4) is 0 Å². The van der Waals surface area contributed by atoms with E-state index in [-0.39, 0.29) is 11.6 Å². The van der Waals surface area contributed by atoms with Gasteiger partial charge in [-0.2, -0.15) is 0 Å². The molecule has 2 aliphatic heterocycles. The van der Waals surface area contributed by atoms with Gasteiger partial charge in [-0.3, -0.25) is 9.59 Å². The molecular formula is C22H18N2O2. The van der Waals surface area contributed by atoms with Crippen LogP contribution in [0.3, 0.4) is 0 Å². The van der Waals surface area contributed by atoms with E-state index in [4.69, 9.17) is 0 Å². The predicted octanol–water partition coefficient (Wildman–Crippen LogP) is 2.59. The Morgan fingerprint density at radius 2 is 0.885 bits per heavy atom. The summed E-state index contributed by atoms with van der Waals surface area (Å²) in [6, 6.07) is 19.1. The van der Waals surface area contributed by atoms with Gasteiger partial charge >= 0.3 is 0 Å². The second kappa shape index (κ2) is 5.70. The van der Waals surface area contributed by atoms with Gasteiger partial charge in [-0.15, -0.1) is 0 Å². The summed E-state index contributed by atoms with van der Waals surface area (Å²) in [4.78, 5) is 31.1. The summed E-state index contributed by atoms with van der Waals surface area (Å²) in [6.07, 6.45) is 0. The molecule has 2 aromatic carbocycles. The van der Waals surface area contributed by atoms with Gasteiger partial charge in [0.25, 0.3) is 0 Å². The Morgan fingerprint density at radius 3 is 1.19 bits per heavy atom. The quantitative estimate of drug-likeness (QED) is 0.633. The van der Waals surface area contributed by atoms with Crippen molar-refractivity contribution < 1.29 is 9.59 Å². The van der Waals surface area contributed by atoms with Crippen LogP contribution in [0.15, 0.2) is 72.1 Å². The van der Waals surface area contributed by atoms with Gasteiger partial charge in [0.2, 0.25) is 11.6 Å². The topological polar surface area (TPSA) is 40.2 Å². The molecule has 0 N–H and O–H groups in total. The van der Waals surface area contributed by atoms with E-state index in [0.717, 1.165) is 37.3 Å². The Balaban J connectivity index is 1.74. The van der Waals surface area contributed by atoms with Crippen LogP contribution in [-0.4, -0.2) is 47.5 Å². The number of hydrogen-bond acceptors (Lipinski definition) is 4. The van der Waals surface area contributed by atoms with E-state index in [0.29, 0.717) is 22.5 Å². The maximum Gasteiger partial charge on any atom is 0.212 e. The highest BCUT2D eigenvalue weighted by Crippen LogP contribution is 2.41. The molecule has 0 bridgehead atoms. The molecule has 4 heteroatoms. The molecule has 5 rings (SSSR count). The molecule has 0 amide bonds. The van der Waals surface area contributed by atoms with Crippen molar-refractivity contribution in [3.63, 3.8) is 0 Å². The molecule has 0 aromatic heterocycles. The van der Waals surface area contributed by atoms with Gasteiger partial charge in [-0.25, -0.2) is 0 Å². The molecule has 26 heavy (non-hydrogen) atoms. The number of nitrogens with zero attached hydrogens (tertiary/aromatic N) is 2. The monoisotopic (exact) mass is 342 g/mol. The summed E-state index contributed by atoms with van der Waals surface area (Å²) >= 11 is 0. The lowest BCUT2D eigenvalue weighted by Crippen LogP contribution is -2.29. The fourth-order valence-corrected chi connectivity index (χ4v) is 3.57. The Kier molecular flexibility index (Phi) is 3.32. The normalized spacial score (nSPS) is 19.4. The van der Waals surface area contributed by atoms with Gasteiger partial charge in [-0.05, 0) is 11.1 Å². The minimum absolute atomic E-state index is 0.0333. The summed E-state index contributed by atoms with van der Waals surface area (Å²) < 4.78 is 0. The third-order valence-electron chi connectivity index (χ3n) is 5.01. The molecule has 2 heterocycles. The Morgan fingerprint density at radius 1 is 0.538 bits per heavy atom. The van der Waals surface area contributed by atoms with Gasteiger partial charge < -0.3 is 9.80 Å². The molecule has 2 aromatic rings. The lowest BCUT2D eigenvalue weighted by atomic mass is 9.84. The summed E-state index contributed by atoms with van der Waals surface area (Å²) in [7, 11) is 0. The largest absolute Gasteiger partial charge is 0.364 e. The van der Waals surface area contributed by atoms with E-state index >= 15 is 0 Å². The highest BCUT2D eigenvalue weighted by atomic mass is 16.1. The number of carbonyl (C=O) groups is 2. The lowest BCUT2D eigenvalue weighted by Gasteiger charge is -2.25. The smallest absolute Gasteiger partial charge is 0.212 e. The van der Waals surface area contributed by atoms with E-state index in [1.807, 2.05) is 70.5 Å². The first-order valence-corrected chi connectivity index (χ1v) is 8.94. The highest BCUT2D eigenvalue weighted by Gasteiger charge is 2.44. The van der Waals surface area contributed by atoms with E-state index in [1.54, 1.807) is 0 Å². The van der Waals surface area contributed by atoms with Crippen LogP contribution in [0.2, 0.25) is 0 Å². The number of Topliss-reactive ketones (excluding diaryl/α,β-unsaturated/α-hetero) is 2. The van der Waals surface area contributed by atoms with Crippen LogP contribution >= 0.6 is 0 Å². The molecule has 1 aliphatic carbocycles. The van der Waals surface area contributed by atoms with Crippen LogP contribution in [0, 0.1) is 0 Å². The molecule has 3 aliphatic rings. The number of carbonyl (C=O) groups excluding carboxylic acids is 2. The summed E-state index contributed by atoms with van der Waals surface area (Å²) in [5.74, 6) is -0.0666. The molecule has 0 atom stereocenters. The zero-order chi connectivity index (χ0) is 17.7. The maximum atomic E-state index is 13.5. The average Bonchev–Trinajstić information content (AvgIpc) is 3.57. The van der Waals surface area contributed by atoms with Gasteiger partial charge in [-0.1, -0.05) is 60.7 Å². The van der Waals surface area contributed by atoms with Crippen molar-refractivity contribution in [3.05, 3.63) is 83.2 Å². The van der Waals surface area contributed by atoms with Crippen molar-refractivity contribution in [1.82, 2.24) is 9.80 Å². The number of benzene rings is 2. The first-order chi connectivity index (χ1) is 12.8. The van der Waals surface area contributed by atoms with Crippen LogP contribution in [0.1, 0.15) is 11.1 Å². The third-order valence-corrected chi connectivity index (χ3v) is 5.01. The van der Waals surface area contributed by atoms with Crippen molar-refractivity contribution in [2.24, 2.45) is 0 Å². The Hall–Kier alpha value is -3.14. The zero-order valence-corrected chi connectivity index (χ0v) is 14.3. The van der Waals surface area contributed by atoms with Crippen molar-refractivity contribution in [1.29, 1.82) is 0 Å². The van der Waals surface area contributed by atoms with Crippen LogP contribution < -0.4 is 0 Å². The van der Waals surface area contributed by atoms with Crippen LogP contribution in [0.5, 0.6) is 0 Å². The molecule has 0 spiro atoms. The van der Waals surface area contributed by atoms with Crippen molar-refractivity contribution in [2.75, 3.05) is 26.2 Å². The molecule has 0 unspecified atom stereocenters. The minimum atomic E-state index is -0.0333. The minimum Gasteiger partial charge on any atom is -0.364 e. The summed E-state index contributed by atoms with van der Waals surface area (Å²) in [5.41, 5.74) is 3.86. The standard InChI is InChI=1S/C22H18N2O2/c25-21-17(15-7-3-1-4-8-15)19(23-11-12-23)22(26)18(20(21)24-13-14-24)16-9-5-2-6-10-16/h1-10H,11-14H2. The fourth-order valence-electron chi connectivity index (χ4n) is 3.57. The predicted molar refractivity (Wildman–Crippen MR) is 99.9 cm³/mol. The highest BCUT2D eigenvalue weighted by molar-refractivity contribution is 6.47. The van der Waals surface area contributed by atoms with E-state index < -0.39 is 0 Å². The van der Waals surface area contributed by atoms with Crippen LogP contribution in [0.4, 0.5) is 0 Å². The van der Waals surface area contributed by atoms with Gasteiger partial charge in [0.05, 0.1) is 22.5 Å².